The van der Waals surface area contributed by atoms with E-state index in [0.29, 0.717) is 17.0 Å². The SMILES string of the molecule is O=C(O)c1ccc2oc(-c3cc(Br)cc(Br)c3)nc2c1. The lowest BCUT2D eigenvalue weighted by Crippen LogP contribution is -1.94. The van der Waals surface area contributed by atoms with Gasteiger partial charge in [0, 0.05) is 14.5 Å². The maximum absolute atomic E-state index is 10.9. The molecule has 3 rings (SSSR count). The second-order valence-electron chi connectivity index (χ2n) is 4.16. The number of nitrogens with zero attached hydrogens (tertiary/aromatic N) is 1. The molecule has 100 valence electrons. The molecule has 4 nitrogen and oxygen atoms in total. The maximum atomic E-state index is 10.9. The van der Waals surface area contributed by atoms with Gasteiger partial charge in [-0.25, -0.2) is 9.78 Å². The van der Waals surface area contributed by atoms with Gasteiger partial charge in [0.1, 0.15) is 5.52 Å². The summed E-state index contributed by atoms with van der Waals surface area (Å²) in [4.78, 5) is 15.3. The predicted molar refractivity (Wildman–Crippen MR) is 81.8 cm³/mol. The second kappa shape index (κ2) is 5.03. The van der Waals surface area contributed by atoms with Crippen molar-refractivity contribution in [3.63, 3.8) is 0 Å². The fourth-order valence-corrected chi connectivity index (χ4v) is 3.15. The molecule has 0 atom stereocenters. The summed E-state index contributed by atoms with van der Waals surface area (Å²) in [6, 6.07) is 10.3. The summed E-state index contributed by atoms with van der Waals surface area (Å²) in [7, 11) is 0. The fourth-order valence-electron chi connectivity index (χ4n) is 1.86. The first-order valence-corrected chi connectivity index (χ1v) is 7.22. The summed E-state index contributed by atoms with van der Waals surface area (Å²) in [5, 5.41) is 8.97. The van der Waals surface area contributed by atoms with E-state index >= 15 is 0 Å². The van der Waals surface area contributed by atoms with Gasteiger partial charge in [0.15, 0.2) is 5.58 Å². The lowest BCUT2D eigenvalue weighted by molar-refractivity contribution is 0.0697. The van der Waals surface area contributed by atoms with Gasteiger partial charge in [-0.05, 0) is 36.4 Å². The molecule has 20 heavy (non-hydrogen) atoms. The normalized spacial score (nSPS) is 10.9. The van der Waals surface area contributed by atoms with Gasteiger partial charge in [-0.3, -0.25) is 0 Å². The predicted octanol–water partition coefficient (Wildman–Crippen LogP) is 4.72. The maximum Gasteiger partial charge on any atom is 0.335 e. The Kier molecular flexibility index (Phi) is 3.35. The van der Waals surface area contributed by atoms with E-state index in [9.17, 15) is 4.79 Å². The Morgan fingerprint density at radius 3 is 2.45 bits per heavy atom. The van der Waals surface area contributed by atoms with Crippen molar-refractivity contribution in [2.24, 2.45) is 0 Å². The number of carbonyl (C=O) groups is 1. The standard InChI is InChI=1S/C14H7Br2NO3/c15-9-3-8(4-10(16)6-9)13-17-11-5-7(14(18)19)1-2-12(11)20-13/h1-6H,(H,18,19). The van der Waals surface area contributed by atoms with Crippen molar-refractivity contribution in [1.82, 2.24) is 4.98 Å². The zero-order valence-electron chi connectivity index (χ0n) is 9.93. The molecule has 0 bridgehead atoms. The van der Waals surface area contributed by atoms with Crippen LogP contribution < -0.4 is 0 Å². The molecule has 0 aliphatic rings. The molecule has 3 aromatic rings. The molecule has 0 fully saturated rings. The van der Waals surface area contributed by atoms with Crippen LogP contribution in [0, 0.1) is 0 Å². The van der Waals surface area contributed by atoms with Gasteiger partial charge in [0.25, 0.3) is 0 Å². The van der Waals surface area contributed by atoms with Gasteiger partial charge < -0.3 is 9.52 Å². The molecule has 6 heteroatoms. The van der Waals surface area contributed by atoms with Crippen LogP contribution in [0.25, 0.3) is 22.6 Å². The Hall–Kier alpha value is -1.66. The van der Waals surface area contributed by atoms with Gasteiger partial charge >= 0.3 is 5.97 Å². The molecule has 0 spiro atoms. The molecule has 0 aliphatic heterocycles. The summed E-state index contributed by atoms with van der Waals surface area (Å²) in [6.45, 7) is 0. The minimum absolute atomic E-state index is 0.188. The van der Waals surface area contributed by atoms with Crippen molar-refractivity contribution in [3.8, 4) is 11.5 Å². The lowest BCUT2D eigenvalue weighted by atomic mass is 10.2. The highest BCUT2D eigenvalue weighted by Gasteiger charge is 2.12. The van der Waals surface area contributed by atoms with Crippen LogP contribution in [0.4, 0.5) is 0 Å². The van der Waals surface area contributed by atoms with E-state index in [0.717, 1.165) is 14.5 Å². The highest BCUT2D eigenvalue weighted by atomic mass is 79.9. The van der Waals surface area contributed by atoms with Crippen LogP contribution in [0.15, 0.2) is 49.8 Å². The molecule has 1 heterocycles. The number of carboxylic acids is 1. The Morgan fingerprint density at radius 2 is 1.80 bits per heavy atom. The van der Waals surface area contributed by atoms with E-state index in [-0.39, 0.29) is 5.56 Å². The molecule has 2 aromatic carbocycles. The molecule has 0 radical (unpaired) electrons. The zero-order chi connectivity index (χ0) is 14.3. The zero-order valence-corrected chi connectivity index (χ0v) is 13.1. The molecule has 0 saturated carbocycles. The summed E-state index contributed by atoms with van der Waals surface area (Å²) in [5.74, 6) is -0.536. The molecular weight excluding hydrogens is 390 g/mol. The molecule has 0 aliphatic carbocycles. The summed E-state index contributed by atoms with van der Waals surface area (Å²) in [6.07, 6.45) is 0. The van der Waals surface area contributed by atoms with Gasteiger partial charge in [-0.15, -0.1) is 0 Å². The highest BCUT2D eigenvalue weighted by molar-refractivity contribution is 9.11. The minimum Gasteiger partial charge on any atom is -0.478 e. The molecular formula is C14H7Br2NO3. The average Bonchev–Trinajstić information content (AvgIpc) is 2.80. The third kappa shape index (κ3) is 2.48. The minimum atomic E-state index is -0.985. The van der Waals surface area contributed by atoms with Crippen molar-refractivity contribution >= 4 is 48.9 Å². The summed E-state index contributed by atoms with van der Waals surface area (Å²) in [5.41, 5.74) is 2.07. The van der Waals surface area contributed by atoms with Gasteiger partial charge in [-0.1, -0.05) is 31.9 Å². The number of hydrogen-bond donors (Lipinski definition) is 1. The van der Waals surface area contributed by atoms with E-state index in [2.05, 4.69) is 36.8 Å². The number of benzene rings is 2. The van der Waals surface area contributed by atoms with Crippen molar-refractivity contribution in [1.29, 1.82) is 0 Å². The first-order valence-electron chi connectivity index (χ1n) is 5.63. The Bertz CT molecular complexity index is 806. The molecule has 1 aromatic heterocycles. The van der Waals surface area contributed by atoms with E-state index in [1.165, 1.54) is 12.1 Å². The first-order chi connectivity index (χ1) is 9.52. The van der Waals surface area contributed by atoms with Gasteiger partial charge in [-0.2, -0.15) is 0 Å². The molecule has 0 unspecified atom stereocenters. The van der Waals surface area contributed by atoms with Crippen LogP contribution >= 0.6 is 31.9 Å². The van der Waals surface area contributed by atoms with Crippen LogP contribution in [0.5, 0.6) is 0 Å². The fraction of sp³-hybridized carbons (Fsp3) is 0. The number of oxazole rings is 1. The number of aromatic carboxylic acids is 1. The topological polar surface area (TPSA) is 63.3 Å². The van der Waals surface area contributed by atoms with E-state index < -0.39 is 5.97 Å². The average molecular weight is 397 g/mol. The number of fused-ring (bicyclic) bond motifs is 1. The van der Waals surface area contributed by atoms with Gasteiger partial charge in [0.2, 0.25) is 5.89 Å². The van der Waals surface area contributed by atoms with Crippen LogP contribution in [-0.4, -0.2) is 16.1 Å². The van der Waals surface area contributed by atoms with Crippen LogP contribution in [0.3, 0.4) is 0 Å². The van der Waals surface area contributed by atoms with Crippen molar-refractivity contribution in [3.05, 3.63) is 50.9 Å². The smallest absolute Gasteiger partial charge is 0.335 e. The van der Waals surface area contributed by atoms with Crippen molar-refractivity contribution < 1.29 is 14.3 Å². The van der Waals surface area contributed by atoms with Crippen molar-refractivity contribution in [2.75, 3.05) is 0 Å². The lowest BCUT2D eigenvalue weighted by Gasteiger charge is -1.98. The highest BCUT2D eigenvalue weighted by Crippen LogP contribution is 2.29. The number of halogens is 2. The first kappa shape index (κ1) is 13.3. The number of aromatic nitrogens is 1. The third-order valence-corrected chi connectivity index (χ3v) is 3.66. The van der Waals surface area contributed by atoms with Crippen LogP contribution in [-0.2, 0) is 0 Å². The molecule has 0 amide bonds. The van der Waals surface area contributed by atoms with E-state index in [1.807, 2.05) is 18.2 Å². The second-order valence-corrected chi connectivity index (χ2v) is 6.00. The summed E-state index contributed by atoms with van der Waals surface area (Å²) >= 11 is 6.82. The number of carboxylic acid groups (broad SMARTS) is 1. The Morgan fingerprint density at radius 1 is 1.10 bits per heavy atom. The van der Waals surface area contributed by atoms with Crippen molar-refractivity contribution in [2.45, 2.75) is 0 Å². The van der Waals surface area contributed by atoms with Crippen LogP contribution in [0.1, 0.15) is 10.4 Å². The largest absolute Gasteiger partial charge is 0.478 e. The van der Waals surface area contributed by atoms with Gasteiger partial charge in [0.05, 0.1) is 5.56 Å². The molecule has 0 saturated heterocycles. The quantitative estimate of drug-likeness (QED) is 0.680. The monoisotopic (exact) mass is 395 g/mol. The third-order valence-electron chi connectivity index (χ3n) is 2.74. The Labute approximate surface area is 130 Å². The van der Waals surface area contributed by atoms with E-state index in [4.69, 9.17) is 9.52 Å². The summed E-state index contributed by atoms with van der Waals surface area (Å²) < 4.78 is 7.45. The number of hydrogen-bond acceptors (Lipinski definition) is 3. The van der Waals surface area contributed by atoms with E-state index in [1.54, 1.807) is 6.07 Å². The Balaban J connectivity index is 2.15. The van der Waals surface area contributed by atoms with Crippen LogP contribution in [0.2, 0.25) is 0 Å². The molecule has 1 N–H and O–H groups in total. The number of rotatable bonds is 2.